The van der Waals surface area contributed by atoms with Gasteiger partial charge in [-0.1, -0.05) is 157 Å². The molecule has 0 saturated heterocycles. The Labute approximate surface area is 228 Å². The van der Waals surface area contributed by atoms with Crippen molar-refractivity contribution >= 4 is 5.97 Å². The van der Waals surface area contributed by atoms with E-state index >= 15 is 0 Å². The predicted molar refractivity (Wildman–Crippen MR) is 160 cm³/mol. The highest BCUT2D eigenvalue weighted by atomic mass is 16.4. The molecule has 0 amide bonds. The minimum absolute atomic E-state index is 0. The summed E-state index contributed by atoms with van der Waals surface area (Å²) in [6, 6.07) is 0. The molecule has 36 heavy (non-hydrogen) atoms. The Morgan fingerprint density at radius 1 is 0.500 bits per heavy atom. The summed E-state index contributed by atoms with van der Waals surface area (Å²) in [5.41, 5.74) is -0.229. The lowest BCUT2D eigenvalue weighted by atomic mass is 9.69. The molecular formula is C33H69NO2. The van der Waals surface area contributed by atoms with Crippen molar-refractivity contribution in [1.82, 2.24) is 6.15 Å². The molecule has 0 fully saturated rings. The second kappa shape index (κ2) is 24.7. The molecule has 3 nitrogen and oxygen atoms in total. The van der Waals surface area contributed by atoms with Crippen molar-refractivity contribution in [3.63, 3.8) is 0 Å². The summed E-state index contributed by atoms with van der Waals surface area (Å²) in [5, 5.41) is 11.8. The van der Waals surface area contributed by atoms with E-state index < -0.39 is 11.4 Å². The molecular weight excluding hydrogens is 442 g/mol. The first-order valence-electron chi connectivity index (χ1n) is 16.1. The third kappa shape index (κ3) is 18.6. The first-order chi connectivity index (χ1) is 16.9. The van der Waals surface area contributed by atoms with Crippen LogP contribution in [0.4, 0.5) is 0 Å². The number of rotatable bonds is 27. The number of carboxylic acids is 1. The lowest BCUT2D eigenvalue weighted by Gasteiger charge is -2.37. The van der Waals surface area contributed by atoms with Gasteiger partial charge in [0.05, 0.1) is 0 Å². The molecule has 0 aromatic carbocycles. The Morgan fingerprint density at radius 3 is 1.11 bits per heavy atom. The number of carboxylic acid groups (broad SMARTS) is 1. The van der Waals surface area contributed by atoms with E-state index in [1.807, 2.05) is 13.8 Å². The second-order valence-electron chi connectivity index (χ2n) is 12.1. The van der Waals surface area contributed by atoms with Crippen molar-refractivity contribution in [1.29, 1.82) is 0 Å². The average molecular weight is 512 g/mol. The standard InChI is InChI=1S/C33H66O2.H3N/c1-6-10-13-16-19-22-27-33(28-23-20-17-14-11-7-2,29-24-21-18-15-12-8-3)30-25-26-32(5,9-4)31(34)35;/h6-30H2,1-5H3,(H,34,35);1H3. The Hall–Kier alpha value is -0.570. The highest BCUT2D eigenvalue weighted by Crippen LogP contribution is 2.43. The van der Waals surface area contributed by atoms with Crippen LogP contribution in [0.2, 0.25) is 0 Å². The number of hydrogen-bond acceptors (Lipinski definition) is 2. The molecule has 4 N–H and O–H groups in total. The molecule has 3 heteroatoms. The molecule has 1 atom stereocenters. The van der Waals surface area contributed by atoms with Crippen LogP contribution in [0.1, 0.15) is 195 Å². The number of aliphatic carboxylic acids is 1. The van der Waals surface area contributed by atoms with Crippen LogP contribution in [0.5, 0.6) is 0 Å². The van der Waals surface area contributed by atoms with E-state index in [-0.39, 0.29) is 6.15 Å². The van der Waals surface area contributed by atoms with Gasteiger partial charge in [-0.25, -0.2) is 0 Å². The number of quaternary nitrogens is 1. The summed E-state index contributed by atoms with van der Waals surface area (Å²) >= 11 is 0. The van der Waals surface area contributed by atoms with Crippen molar-refractivity contribution in [2.75, 3.05) is 0 Å². The molecule has 0 aliphatic heterocycles. The third-order valence-corrected chi connectivity index (χ3v) is 8.89. The highest BCUT2D eigenvalue weighted by molar-refractivity contribution is 5.71. The van der Waals surface area contributed by atoms with Crippen molar-refractivity contribution in [2.24, 2.45) is 10.8 Å². The van der Waals surface area contributed by atoms with Crippen molar-refractivity contribution in [2.45, 2.75) is 195 Å². The van der Waals surface area contributed by atoms with Gasteiger partial charge in [0.2, 0.25) is 0 Å². The molecule has 0 radical (unpaired) electrons. The quantitative estimate of drug-likeness (QED) is 0.111. The van der Waals surface area contributed by atoms with Gasteiger partial charge in [-0.2, -0.15) is 0 Å². The van der Waals surface area contributed by atoms with Gasteiger partial charge in [0.1, 0.15) is 0 Å². The highest BCUT2D eigenvalue weighted by Gasteiger charge is 2.30. The minimum atomic E-state index is -0.853. The smallest absolute Gasteiger partial charge is 0.0473 e. The SMILES string of the molecule is CCCCCCCCC(CCCCCCCC)(CCCCCCCC)CCCC(C)(CC)C(=O)[O-].[NH4+]. The van der Waals surface area contributed by atoms with Gasteiger partial charge >= 0.3 is 0 Å². The first kappa shape index (κ1) is 37.6. The molecule has 1 unspecified atom stereocenters. The summed E-state index contributed by atoms with van der Waals surface area (Å²) in [6.45, 7) is 10.8. The molecule has 218 valence electrons. The fraction of sp³-hybridized carbons (Fsp3) is 0.970. The molecule has 0 bridgehead atoms. The predicted octanol–water partition coefficient (Wildman–Crippen LogP) is 10.9. The Balaban J connectivity index is 0. The lowest BCUT2D eigenvalue weighted by molar-refractivity contribution is -0.319. The molecule has 0 heterocycles. The van der Waals surface area contributed by atoms with Crippen molar-refractivity contribution < 1.29 is 9.90 Å². The Morgan fingerprint density at radius 2 is 0.806 bits per heavy atom. The van der Waals surface area contributed by atoms with E-state index in [0.717, 1.165) is 12.8 Å². The number of unbranched alkanes of at least 4 members (excludes halogenated alkanes) is 15. The van der Waals surface area contributed by atoms with Gasteiger partial charge in [-0.3, -0.25) is 0 Å². The van der Waals surface area contributed by atoms with Crippen LogP contribution in [-0.2, 0) is 4.79 Å². The maximum Gasteiger partial charge on any atom is 0.0473 e. The maximum atomic E-state index is 11.8. The van der Waals surface area contributed by atoms with Crippen LogP contribution in [0.15, 0.2) is 0 Å². The topological polar surface area (TPSA) is 76.6 Å². The van der Waals surface area contributed by atoms with E-state index in [0.29, 0.717) is 11.8 Å². The second-order valence-corrected chi connectivity index (χ2v) is 12.1. The monoisotopic (exact) mass is 512 g/mol. The third-order valence-electron chi connectivity index (χ3n) is 8.89. The fourth-order valence-electron chi connectivity index (χ4n) is 5.87. The lowest BCUT2D eigenvalue weighted by Crippen LogP contribution is -2.40. The van der Waals surface area contributed by atoms with Gasteiger partial charge in [0.15, 0.2) is 0 Å². The van der Waals surface area contributed by atoms with Crippen LogP contribution in [0.25, 0.3) is 0 Å². The fourth-order valence-corrected chi connectivity index (χ4v) is 5.87. The number of hydrogen-bond donors (Lipinski definition) is 1. The molecule has 0 rings (SSSR count). The molecule has 0 aromatic heterocycles. The van der Waals surface area contributed by atoms with Gasteiger partial charge in [-0.15, -0.1) is 0 Å². The largest absolute Gasteiger partial charge is 0.550 e. The van der Waals surface area contributed by atoms with E-state index in [4.69, 9.17) is 0 Å². The Kier molecular flexibility index (Phi) is 25.8. The summed E-state index contributed by atoms with van der Waals surface area (Å²) in [7, 11) is 0. The van der Waals surface area contributed by atoms with Crippen LogP contribution in [0, 0.1) is 10.8 Å². The Bertz CT molecular complexity index is 438. The van der Waals surface area contributed by atoms with Gasteiger partial charge in [0, 0.05) is 11.4 Å². The first-order valence-corrected chi connectivity index (χ1v) is 16.1. The molecule has 0 aliphatic rings. The molecule has 0 spiro atoms. The molecule has 0 aromatic rings. The number of carbonyl (C=O) groups excluding carboxylic acids is 1. The summed E-state index contributed by atoms with van der Waals surface area (Å²) < 4.78 is 0. The van der Waals surface area contributed by atoms with E-state index in [1.165, 1.54) is 141 Å². The molecule has 0 aliphatic carbocycles. The van der Waals surface area contributed by atoms with Crippen LogP contribution < -0.4 is 11.3 Å². The summed E-state index contributed by atoms with van der Waals surface area (Å²) in [4.78, 5) is 11.8. The van der Waals surface area contributed by atoms with Crippen LogP contribution >= 0.6 is 0 Å². The zero-order valence-electron chi connectivity index (χ0n) is 26.0. The zero-order valence-corrected chi connectivity index (χ0v) is 26.0. The number of carbonyl (C=O) groups is 1. The van der Waals surface area contributed by atoms with Crippen LogP contribution in [-0.4, -0.2) is 5.97 Å². The van der Waals surface area contributed by atoms with Crippen LogP contribution in [0.3, 0.4) is 0 Å². The summed E-state index contributed by atoms with van der Waals surface area (Å²) in [6.07, 6.45) is 32.4. The van der Waals surface area contributed by atoms with Crippen molar-refractivity contribution in [3.05, 3.63) is 0 Å². The van der Waals surface area contributed by atoms with E-state index in [1.54, 1.807) is 0 Å². The zero-order chi connectivity index (χ0) is 26.3. The minimum Gasteiger partial charge on any atom is -0.550 e. The normalized spacial score (nSPS) is 13.4. The average Bonchev–Trinajstić information content (AvgIpc) is 2.85. The van der Waals surface area contributed by atoms with Crippen molar-refractivity contribution in [3.8, 4) is 0 Å². The van der Waals surface area contributed by atoms with Gasteiger partial charge < -0.3 is 16.1 Å². The van der Waals surface area contributed by atoms with E-state index in [2.05, 4.69) is 20.8 Å². The van der Waals surface area contributed by atoms with Gasteiger partial charge in [0.25, 0.3) is 0 Å². The maximum absolute atomic E-state index is 11.8. The van der Waals surface area contributed by atoms with Gasteiger partial charge in [-0.05, 0) is 43.9 Å². The van der Waals surface area contributed by atoms with E-state index in [9.17, 15) is 9.90 Å². The molecule has 0 saturated carbocycles. The summed E-state index contributed by atoms with van der Waals surface area (Å²) in [5.74, 6) is -0.853.